The maximum Gasteiger partial charge on any atom is 0.307 e. The van der Waals surface area contributed by atoms with E-state index in [0.717, 1.165) is 0 Å². The van der Waals surface area contributed by atoms with Crippen LogP contribution in [-0.4, -0.2) is 38.2 Å². The normalized spacial score (nSPS) is 10.9. The number of carbonyl (C=O) groups excluding carboxylic acids is 1. The van der Waals surface area contributed by atoms with E-state index in [4.69, 9.17) is 5.11 Å². The van der Waals surface area contributed by atoms with Crippen LogP contribution in [-0.2, 0) is 25.8 Å². The number of nitrogens with one attached hydrogen (secondary N) is 1. The molecule has 0 bridgehead atoms. The highest BCUT2D eigenvalue weighted by Gasteiger charge is 2.18. The average molecular weight is 271 g/mol. The van der Waals surface area contributed by atoms with Crippen LogP contribution in [0.15, 0.2) is 29.2 Å². The van der Waals surface area contributed by atoms with Crippen molar-refractivity contribution >= 4 is 21.7 Å². The van der Waals surface area contributed by atoms with Crippen LogP contribution in [0.3, 0.4) is 0 Å². The number of carboxylic acid groups (broad SMARTS) is 1. The van der Waals surface area contributed by atoms with Gasteiger partial charge in [0.05, 0.1) is 11.3 Å². The first-order chi connectivity index (χ1) is 8.35. The van der Waals surface area contributed by atoms with Crippen LogP contribution < -0.4 is 5.32 Å². The number of rotatable bonds is 5. The summed E-state index contributed by atoms with van der Waals surface area (Å²) in [7, 11) is -2.32. The van der Waals surface area contributed by atoms with Gasteiger partial charge in [0.25, 0.3) is 0 Å². The molecule has 0 radical (unpaired) electrons. The molecule has 18 heavy (non-hydrogen) atoms. The van der Waals surface area contributed by atoms with Gasteiger partial charge in [0.15, 0.2) is 9.84 Å². The van der Waals surface area contributed by atoms with E-state index < -0.39 is 27.5 Å². The topological polar surface area (TPSA) is 101 Å². The molecule has 1 amide bonds. The van der Waals surface area contributed by atoms with Gasteiger partial charge in [0.1, 0.15) is 5.75 Å². The predicted molar refractivity (Wildman–Crippen MR) is 63.9 cm³/mol. The molecule has 0 aliphatic heterocycles. The first-order valence-electron chi connectivity index (χ1n) is 5.09. The van der Waals surface area contributed by atoms with Gasteiger partial charge in [-0.05, 0) is 17.7 Å². The summed E-state index contributed by atoms with van der Waals surface area (Å²) in [5.41, 5.74) is 0.501. The van der Waals surface area contributed by atoms with E-state index >= 15 is 0 Å². The Balaban J connectivity index is 2.90. The zero-order chi connectivity index (χ0) is 13.8. The van der Waals surface area contributed by atoms with E-state index in [1.807, 2.05) is 0 Å². The summed E-state index contributed by atoms with van der Waals surface area (Å²) in [6.45, 7) is 0. The van der Waals surface area contributed by atoms with Crippen LogP contribution in [0.4, 0.5) is 0 Å². The number of aliphatic carboxylic acids is 1. The fourth-order valence-corrected chi connectivity index (χ4v) is 2.52. The fourth-order valence-electron chi connectivity index (χ4n) is 1.32. The molecule has 0 aliphatic rings. The van der Waals surface area contributed by atoms with Gasteiger partial charge in [-0.3, -0.25) is 9.59 Å². The zero-order valence-electron chi connectivity index (χ0n) is 9.71. The molecule has 0 heterocycles. The lowest BCUT2D eigenvalue weighted by Gasteiger charge is -2.04. The average Bonchev–Trinajstić information content (AvgIpc) is 2.28. The first-order valence-corrected chi connectivity index (χ1v) is 6.74. The minimum absolute atomic E-state index is 0.000221. The number of sulfone groups is 1. The summed E-state index contributed by atoms with van der Waals surface area (Å²) < 4.78 is 23.5. The largest absolute Gasteiger partial charge is 0.481 e. The maximum absolute atomic E-state index is 11.8. The van der Waals surface area contributed by atoms with Crippen LogP contribution in [0, 0.1) is 0 Å². The third-order valence-electron chi connectivity index (χ3n) is 2.24. The van der Waals surface area contributed by atoms with E-state index in [0.29, 0.717) is 5.56 Å². The summed E-state index contributed by atoms with van der Waals surface area (Å²) in [4.78, 5) is 21.5. The molecule has 1 aromatic rings. The predicted octanol–water partition coefficient (Wildman–Crippen LogP) is -0.167. The van der Waals surface area contributed by atoms with Gasteiger partial charge in [-0.1, -0.05) is 12.1 Å². The van der Waals surface area contributed by atoms with E-state index in [-0.39, 0.29) is 11.3 Å². The second-order valence-electron chi connectivity index (χ2n) is 3.65. The van der Waals surface area contributed by atoms with Gasteiger partial charge in [0.2, 0.25) is 5.91 Å². The fraction of sp³-hybridized carbons (Fsp3) is 0.273. The van der Waals surface area contributed by atoms with Gasteiger partial charge >= 0.3 is 5.97 Å². The van der Waals surface area contributed by atoms with Crippen molar-refractivity contribution in [2.24, 2.45) is 0 Å². The summed E-state index contributed by atoms with van der Waals surface area (Å²) in [6.07, 6.45) is -0.171. The first kappa shape index (κ1) is 14.2. The molecular weight excluding hydrogens is 258 g/mol. The lowest BCUT2D eigenvalue weighted by atomic mass is 10.2. The molecule has 0 atom stereocenters. The van der Waals surface area contributed by atoms with Crippen molar-refractivity contribution in [2.75, 3.05) is 12.8 Å². The lowest BCUT2D eigenvalue weighted by Crippen LogP contribution is -2.27. The van der Waals surface area contributed by atoms with Crippen molar-refractivity contribution in [3.05, 3.63) is 29.8 Å². The Labute approximate surface area is 105 Å². The van der Waals surface area contributed by atoms with Crippen molar-refractivity contribution in [2.45, 2.75) is 11.3 Å². The molecule has 0 saturated heterocycles. The van der Waals surface area contributed by atoms with Crippen LogP contribution in [0.1, 0.15) is 5.56 Å². The number of carboxylic acids is 1. The quantitative estimate of drug-likeness (QED) is 0.774. The van der Waals surface area contributed by atoms with Crippen LogP contribution in [0.2, 0.25) is 0 Å². The highest BCUT2D eigenvalue weighted by Crippen LogP contribution is 2.12. The van der Waals surface area contributed by atoms with Gasteiger partial charge < -0.3 is 10.4 Å². The molecule has 0 aliphatic carbocycles. The third kappa shape index (κ3) is 3.85. The molecule has 7 heteroatoms. The Morgan fingerprint density at radius 3 is 2.22 bits per heavy atom. The summed E-state index contributed by atoms with van der Waals surface area (Å²) >= 11 is 0. The lowest BCUT2D eigenvalue weighted by molar-refractivity contribution is -0.136. The number of benzene rings is 1. The molecule has 2 N–H and O–H groups in total. The summed E-state index contributed by atoms with van der Waals surface area (Å²) in [6, 6.07) is 5.45. The molecule has 0 fully saturated rings. The second-order valence-corrected chi connectivity index (χ2v) is 5.64. The van der Waals surface area contributed by atoms with E-state index in [2.05, 4.69) is 5.32 Å². The van der Waals surface area contributed by atoms with Crippen LogP contribution >= 0.6 is 0 Å². The molecule has 0 saturated carbocycles. The van der Waals surface area contributed by atoms with Crippen LogP contribution in [0.25, 0.3) is 0 Å². The summed E-state index contributed by atoms with van der Waals surface area (Å²) in [5.74, 6) is -2.21. The minimum Gasteiger partial charge on any atom is -0.481 e. The monoisotopic (exact) mass is 271 g/mol. The highest BCUT2D eigenvalue weighted by molar-refractivity contribution is 7.92. The summed E-state index contributed by atoms with van der Waals surface area (Å²) in [5, 5.41) is 10.8. The molecule has 1 rings (SSSR count). The van der Waals surface area contributed by atoms with Gasteiger partial charge in [-0.25, -0.2) is 8.42 Å². The Morgan fingerprint density at radius 1 is 1.22 bits per heavy atom. The Morgan fingerprint density at radius 2 is 1.78 bits per heavy atom. The van der Waals surface area contributed by atoms with Gasteiger partial charge in [-0.15, -0.1) is 0 Å². The van der Waals surface area contributed by atoms with Crippen molar-refractivity contribution in [1.82, 2.24) is 5.32 Å². The number of hydrogen-bond acceptors (Lipinski definition) is 4. The SMILES string of the molecule is CNC(=O)CS(=O)(=O)c1ccc(CC(=O)O)cc1. The van der Waals surface area contributed by atoms with Crippen LogP contribution in [0.5, 0.6) is 0 Å². The second kappa shape index (κ2) is 5.63. The molecule has 0 aromatic heterocycles. The van der Waals surface area contributed by atoms with Gasteiger partial charge in [0, 0.05) is 7.05 Å². The van der Waals surface area contributed by atoms with E-state index in [1.54, 1.807) is 0 Å². The number of amides is 1. The van der Waals surface area contributed by atoms with Gasteiger partial charge in [-0.2, -0.15) is 0 Å². The molecule has 1 aromatic carbocycles. The zero-order valence-corrected chi connectivity index (χ0v) is 10.5. The van der Waals surface area contributed by atoms with Crippen molar-refractivity contribution in [1.29, 1.82) is 0 Å². The molecule has 0 unspecified atom stereocenters. The number of carbonyl (C=O) groups is 2. The Bertz CT molecular complexity index is 547. The smallest absolute Gasteiger partial charge is 0.307 e. The molecule has 98 valence electrons. The highest BCUT2D eigenvalue weighted by atomic mass is 32.2. The van der Waals surface area contributed by atoms with Crippen molar-refractivity contribution in [3.63, 3.8) is 0 Å². The third-order valence-corrected chi connectivity index (χ3v) is 3.87. The van der Waals surface area contributed by atoms with Crippen molar-refractivity contribution < 1.29 is 23.1 Å². The number of hydrogen-bond donors (Lipinski definition) is 2. The minimum atomic E-state index is -3.68. The Hall–Kier alpha value is -1.89. The molecular formula is C11H13NO5S. The standard InChI is InChI=1S/C11H13NO5S/c1-12-10(13)7-18(16,17)9-4-2-8(3-5-9)6-11(14)15/h2-5H,6-7H2,1H3,(H,12,13)(H,14,15). The maximum atomic E-state index is 11.8. The van der Waals surface area contributed by atoms with E-state index in [9.17, 15) is 18.0 Å². The molecule has 6 nitrogen and oxygen atoms in total. The van der Waals surface area contributed by atoms with Crippen molar-refractivity contribution in [3.8, 4) is 0 Å². The van der Waals surface area contributed by atoms with E-state index in [1.165, 1.54) is 31.3 Å². The molecule has 0 spiro atoms. The Kier molecular flexibility index (Phi) is 4.43.